The standard InChI is InChI=1S/C37H44BrN3O7/c1-5-7-18-29(43)39-21-28(25-16-12-9-13-17-25)47-36(46)30-31-34(44)41(27(22-42)24-14-10-8-11-15-24)33(35(45)40(19-6-2)23(3)4)37(31)20-26(38)32(30)48-37/h5-6,8-17,23,26-28,30-33,42H,1-2,7,18-22H2,3-4H3,(H,39,43)/t26?,27-,28+,30-,31+,32-,33-,37+/m1/s1. The molecule has 2 N–H and O–H groups in total. The number of benzene rings is 2. The number of aliphatic hydroxyl groups is 1. The Hall–Kier alpha value is -3.80. The molecule has 0 saturated carbocycles. The highest BCUT2D eigenvalue weighted by Gasteiger charge is 2.77. The average molecular weight is 723 g/mol. The predicted molar refractivity (Wildman–Crippen MR) is 184 cm³/mol. The molecule has 1 unspecified atom stereocenters. The molecule has 11 heteroatoms. The van der Waals surface area contributed by atoms with Gasteiger partial charge >= 0.3 is 5.97 Å². The molecule has 3 amide bonds. The van der Waals surface area contributed by atoms with Gasteiger partial charge in [0.2, 0.25) is 17.7 Å². The molecule has 2 aromatic rings. The van der Waals surface area contributed by atoms with Crippen molar-refractivity contribution < 1.29 is 33.8 Å². The SMILES string of the molecule is C=CCCC(=O)NC[C@H](OC(=O)[C@H]1[C@@H]2O[C@@]3(CC2Br)[C@@H]1C(=O)N([C@H](CO)c1ccccc1)[C@@H]3C(=O)N(CC=C)C(C)C)c1ccccc1. The summed E-state index contributed by atoms with van der Waals surface area (Å²) in [5.74, 6) is -3.72. The summed E-state index contributed by atoms with van der Waals surface area (Å²) in [6.45, 7) is 11.1. The second-order valence-electron chi connectivity index (χ2n) is 12.9. The van der Waals surface area contributed by atoms with Crippen LogP contribution in [0.2, 0.25) is 0 Å². The third-order valence-electron chi connectivity index (χ3n) is 9.65. The summed E-state index contributed by atoms with van der Waals surface area (Å²) in [4.78, 5) is 58.9. The van der Waals surface area contributed by atoms with E-state index in [2.05, 4.69) is 34.4 Å². The van der Waals surface area contributed by atoms with Crippen LogP contribution in [0.4, 0.5) is 0 Å². The van der Waals surface area contributed by atoms with Crippen LogP contribution >= 0.6 is 15.9 Å². The van der Waals surface area contributed by atoms with E-state index in [1.807, 2.05) is 62.4 Å². The molecule has 1 spiro atoms. The fourth-order valence-corrected chi connectivity index (χ4v) is 8.42. The van der Waals surface area contributed by atoms with Crippen molar-refractivity contribution in [3.8, 4) is 0 Å². The van der Waals surface area contributed by atoms with Crippen molar-refractivity contribution >= 4 is 39.6 Å². The second kappa shape index (κ2) is 15.2. The first-order chi connectivity index (χ1) is 23.1. The van der Waals surface area contributed by atoms with Gasteiger partial charge in [0.15, 0.2) is 0 Å². The summed E-state index contributed by atoms with van der Waals surface area (Å²) in [5.41, 5.74) is -0.0189. The minimum atomic E-state index is -1.35. The minimum Gasteiger partial charge on any atom is -0.455 e. The number of carbonyl (C=O) groups excluding carboxylic acids is 4. The summed E-state index contributed by atoms with van der Waals surface area (Å²) in [6, 6.07) is 15.9. The molecule has 3 saturated heterocycles. The zero-order chi connectivity index (χ0) is 34.6. The second-order valence-corrected chi connectivity index (χ2v) is 14.0. The normalized spacial score (nSPS) is 26.9. The van der Waals surface area contributed by atoms with Gasteiger partial charge in [-0.2, -0.15) is 0 Å². The van der Waals surface area contributed by atoms with E-state index in [4.69, 9.17) is 9.47 Å². The topological polar surface area (TPSA) is 125 Å². The van der Waals surface area contributed by atoms with Crippen molar-refractivity contribution in [2.45, 2.75) is 73.9 Å². The van der Waals surface area contributed by atoms with Gasteiger partial charge in [-0.05, 0) is 37.8 Å². The number of nitrogens with one attached hydrogen (secondary N) is 1. The van der Waals surface area contributed by atoms with E-state index in [1.54, 1.807) is 29.2 Å². The van der Waals surface area contributed by atoms with Crippen LogP contribution in [0.15, 0.2) is 86.0 Å². The van der Waals surface area contributed by atoms with Crippen molar-refractivity contribution in [2.24, 2.45) is 11.8 Å². The molecule has 3 fully saturated rings. The van der Waals surface area contributed by atoms with Gasteiger partial charge < -0.3 is 29.7 Å². The Morgan fingerprint density at radius 3 is 2.33 bits per heavy atom. The van der Waals surface area contributed by atoms with Crippen molar-refractivity contribution in [3.63, 3.8) is 0 Å². The molecule has 8 atom stereocenters. The lowest BCUT2D eigenvalue weighted by molar-refractivity contribution is -0.161. The van der Waals surface area contributed by atoms with E-state index in [0.29, 0.717) is 24.0 Å². The number of halogens is 1. The zero-order valence-electron chi connectivity index (χ0n) is 27.4. The molecule has 2 aromatic carbocycles. The Morgan fingerprint density at radius 1 is 1.10 bits per heavy atom. The van der Waals surface area contributed by atoms with Crippen LogP contribution in [0.25, 0.3) is 0 Å². The first kappa shape index (κ1) is 35.5. The molecular weight excluding hydrogens is 678 g/mol. The van der Waals surface area contributed by atoms with E-state index in [1.165, 1.54) is 4.90 Å². The van der Waals surface area contributed by atoms with Gasteiger partial charge in [0.1, 0.15) is 17.7 Å². The Labute approximate surface area is 290 Å². The number of hydrogen-bond acceptors (Lipinski definition) is 7. The Balaban J connectivity index is 1.53. The quantitative estimate of drug-likeness (QED) is 0.160. The monoisotopic (exact) mass is 721 g/mol. The molecule has 3 heterocycles. The maximum absolute atomic E-state index is 14.8. The maximum atomic E-state index is 14.8. The number of amides is 3. The van der Waals surface area contributed by atoms with E-state index in [0.717, 1.165) is 0 Å². The van der Waals surface area contributed by atoms with Crippen LogP contribution in [0.3, 0.4) is 0 Å². The third kappa shape index (κ3) is 6.60. The molecule has 256 valence electrons. The van der Waals surface area contributed by atoms with Crippen LogP contribution in [0, 0.1) is 11.8 Å². The Bertz CT molecular complexity index is 1500. The third-order valence-corrected chi connectivity index (χ3v) is 10.5. The Kier molecular flexibility index (Phi) is 11.2. The van der Waals surface area contributed by atoms with Crippen molar-refractivity contribution in [3.05, 3.63) is 97.1 Å². The number of esters is 1. The predicted octanol–water partition coefficient (Wildman–Crippen LogP) is 4.26. The smallest absolute Gasteiger partial charge is 0.313 e. The van der Waals surface area contributed by atoms with Gasteiger partial charge in [-0.1, -0.05) is 88.7 Å². The highest BCUT2D eigenvalue weighted by Crippen LogP contribution is 2.61. The summed E-state index contributed by atoms with van der Waals surface area (Å²) < 4.78 is 12.8. The summed E-state index contributed by atoms with van der Waals surface area (Å²) in [6.07, 6.45) is 2.79. The number of rotatable bonds is 15. The minimum absolute atomic E-state index is 0.0319. The summed E-state index contributed by atoms with van der Waals surface area (Å²) in [7, 11) is 0. The van der Waals surface area contributed by atoms with Crippen LogP contribution in [0.1, 0.15) is 56.4 Å². The number of carbonyl (C=O) groups is 4. The molecule has 48 heavy (non-hydrogen) atoms. The summed E-state index contributed by atoms with van der Waals surface area (Å²) in [5, 5.41) is 13.6. The average Bonchev–Trinajstić information content (AvgIpc) is 3.68. The molecule has 0 aliphatic carbocycles. The van der Waals surface area contributed by atoms with Crippen molar-refractivity contribution in [2.75, 3.05) is 19.7 Å². The first-order valence-electron chi connectivity index (χ1n) is 16.4. The molecule has 2 bridgehead atoms. The summed E-state index contributed by atoms with van der Waals surface area (Å²) >= 11 is 3.71. The van der Waals surface area contributed by atoms with Crippen molar-refractivity contribution in [1.29, 1.82) is 0 Å². The largest absolute Gasteiger partial charge is 0.455 e. The Morgan fingerprint density at radius 2 is 1.75 bits per heavy atom. The number of nitrogens with zero attached hydrogens (tertiary/aromatic N) is 2. The van der Waals surface area contributed by atoms with Gasteiger partial charge in [-0.15, -0.1) is 13.2 Å². The number of ether oxygens (including phenoxy) is 2. The molecule has 0 radical (unpaired) electrons. The number of aliphatic hydroxyl groups excluding tert-OH is 1. The van der Waals surface area contributed by atoms with E-state index >= 15 is 0 Å². The van der Waals surface area contributed by atoms with Crippen LogP contribution in [-0.4, -0.2) is 86.9 Å². The lowest BCUT2D eigenvalue weighted by Gasteiger charge is -2.40. The van der Waals surface area contributed by atoms with E-state index in [-0.39, 0.29) is 42.2 Å². The van der Waals surface area contributed by atoms with E-state index < -0.39 is 60.2 Å². The van der Waals surface area contributed by atoms with Crippen LogP contribution in [-0.2, 0) is 28.7 Å². The van der Waals surface area contributed by atoms with Crippen LogP contribution in [0.5, 0.6) is 0 Å². The maximum Gasteiger partial charge on any atom is 0.313 e. The lowest BCUT2D eigenvalue weighted by atomic mass is 9.70. The lowest BCUT2D eigenvalue weighted by Crippen LogP contribution is -2.58. The van der Waals surface area contributed by atoms with Gasteiger partial charge in [0.25, 0.3) is 0 Å². The van der Waals surface area contributed by atoms with Gasteiger partial charge in [0.05, 0.1) is 37.1 Å². The van der Waals surface area contributed by atoms with Gasteiger partial charge in [-0.25, -0.2) is 0 Å². The highest BCUT2D eigenvalue weighted by atomic mass is 79.9. The van der Waals surface area contributed by atoms with Gasteiger partial charge in [0, 0.05) is 23.8 Å². The number of alkyl halides is 1. The van der Waals surface area contributed by atoms with Gasteiger partial charge in [-0.3, -0.25) is 19.2 Å². The number of hydrogen-bond donors (Lipinski definition) is 2. The molecule has 0 aromatic heterocycles. The first-order valence-corrected chi connectivity index (χ1v) is 17.3. The molecule has 3 aliphatic rings. The molecule has 10 nitrogen and oxygen atoms in total. The fraction of sp³-hybridized carbons (Fsp3) is 0.459. The molecular formula is C37H44BrN3O7. The highest BCUT2D eigenvalue weighted by molar-refractivity contribution is 9.09. The molecule has 3 aliphatic heterocycles. The fourth-order valence-electron chi connectivity index (χ4n) is 7.47. The zero-order valence-corrected chi connectivity index (χ0v) is 29.0. The molecule has 5 rings (SSSR count). The van der Waals surface area contributed by atoms with E-state index in [9.17, 15) is 24.3 Å². The van der Waals surface area contributed by atoms with Crippen LogP contribution < -0.4 is 5.32 Å². The number of likely N-dealkylation sites (tertiary alicyclic amines) is 1. The number of allylic oxidation sites excluding steroid dienone is 1. The number of fused-ring (bicyclic) bond motifs is 1. The van der Waals surface area contributed by atoms with Crippen molar-refractivity contribution in [1.82, 2.24) is 15.1 Å².